The van der Waals surface area contributed by atoms with Gasteiger partial charge in [0.2, 0.25) is 11.8 Å². The fourth-order valence-electron chi connectivity index (χ4n) is 1.15. The van der Waals surface area contributed by atoms with Crippen LogP contribution in [0.5, 0.6) is 0 Å². The van der Waals surface area contributed by atoms with E-state index < -0.39 is 0 Å². The van der Waals surface area contributed by atoms with Gasteiger partial charge in [0.05, 0.1) is 5.75 Å². The molecular weight excluding hydrogens is 250 g/mol. The summed E-state index contributed by atoms with van der Waals surface area (Å²) in [4.78, 5) is 11.6. The number of hydrogen-bond donors (Lipinski definition) is 1. The van der Waals surface area contributed by atoms with E-state index in [4.69, 9.17) is 4.42 Å². The summed E-state index contributed by atoms with van der Waals surface area (Å²) < 4.78 is 5.49. The predicted octanol–water partition coefficient (Wildman–Crippen LogP) is 2.37. The second-order valence-corrected chi connectivity index (χ2v) is 7.14. The Labute approximate surface area is 112 Å². The zero-order valence-corrected chi connectivity index (χ0v) is 12.6. The van der Waals surface area contributed by atoms with Crippen molar-refractivity contribution in [2.75, 3.05) is 5.75 Å². The Morgan fingerprint density at radius 1 is 1.22 bits per heavy atom. The van der Waals surface area contributed by atoms with Crippen molar-refractivity contribution in [2.24, 2.45) is 0 Å². The minimum absolute atomic E-state index is 0.0389. The number of thioether (sulfide) groups is 1. The summed E-state index contributed by atoms with van der Waals surface area (Å²) in [6, 6.07) is 0. The second kappa shape index (κ2) is 5.30. The summed E-state index contributed by atoms with van der Waals surface area (Å²) in [7, 11) is 0. The molecule has 0 unspecified atom stereocenters. The maximum atomic E-state index is 11.6. The molecule has 0 saturated heterocycles. The van der Waals surface area contributed by atoms with E-state index in [0.717, 1.165) is 0 Å². The molecule has 0 radical (unpaired) electrons. The summed E-state index contributed by atoms with van der Waals surface area (Å²) in [5.74, 6) is 0.826. The molecule has 1 rings (SSSR count). The van der Waals surface area contributed by atoms with Crippen LogP contribution in [0.4, 0.5) is 0 Å². The maximum absolute atomic E-state index is 11.6. The lowest BCUT2D eigenvalue weighted by Crippen LogP contribution is -2.41. The SMILES string of the molecule is CC(C)(C)NC(=O)CSc1nnc(C(C)(C)C)o1. The average molecular weight is 271 g/mol. The fraction of sp³-hybridized carbons (Fsp3) is 0.750. The first-order chi connectivity index (χ1) is 8.08. The predicted molar refractivity (Wildman–Crippen MR) is 71.6 cm³/mol. The van der Waals surface area contributed by atoms with Gasteiger partial charge in [-0.3, -0.25) is 4.79 Å². The van der Waals surface area contributed by atoms with E-state index in [9.17, 15) is 4.79 Å². The molecule has 1 aromatic heterocycles. The number of carbonyl (C=O) groups excluding carboxylic acids is 1. The Morgan fingerprint density at radius 2 is 1.83 bits per heavy atom. The van der Waals surface area contributed by atoms with Crippen LogP contribution in [0.15, 0.2) is 9.64 Å². The van der Waals surface area contributed by atoms with E-state index in [-0.39, 0.29) is 22.6 Å². The van der Waals surface area contributed by atoms with Crippen molar-refractivity contribution in [2.45, 2.75) is 57.7 Å². The highest BCUT2D eigenvalue weighted by Gasteiger charge is 2.22. The second-order valence-electron chi connectivity index (χ2n) is 6.21. The highest BCUT2D eigenvalue weighted by molar-refractivity contribution is 7.99. The van der Waals surface area contributed by atoms with Crippen LogP contribution in [0.25, 0.3) is 0 Å². The molecule has 0 atom stereocenters. The summed E-state index contributed by atoms with van der Waals surface area (Å²) in [6.07, 6.45) is 0. The number of nitrogens with one attached hydrogen (secondary N) is 1. The first kappa shape index (κ1) is 15.0. The van der Waals surface area contributed by atoms with Crippen LogP contribution >= 0.6 is 11.8 Å². The van der Waals surface area contributed by atoms with Crippen LogP contribution in [0.2, 0.25) is 0 Å². The first-order valence-electron chi connectivity index (χ1n) is 5.86. The average Bonchev–Trinajstić information content (AvgIpc) is 2.59. The largest absolute Gasteiger partial charge is 0.415 e. The molecular formula is C12H21N3O2S. The van der Waals surface area contributed by atoms with E-state index in [0.29, 0.717) is 11.1 Å². The smallest absolute Gasteiger partial charge is 0.277 e. The molecule has 18 heavy (non-hydrogen) atoms. The fourth-order valence-corrected chi connectivity index (χ4v) is 1.72. The third-order valence-corrected chi connectivity index (χ3v) is 2.71. The van der Waals surface area contributed by atoms with Crippen molar-refractivity contribution in [3.63, 3.8) is 0 Å². The molecule has 1 aromatic rings. The molecule has 0 aliphatic carbocycles. The van der Waals surface area contributed by atoms with Gasteiger partial charge in [-0.15, -0.1) is 10.2 Å². The third-order valence-electron chi connectivity index (χ3n) is 1.89. The number of aromatic nitrogens is 2. The first-order valence-corrected chi connectivity index (χ1v) is 6.84. The normalized spacial score (nSPS) is 12.6. The Hall–Kier alpha value is -1.04. The van der Waals surface area contributed by atoms with Crippen molar-refractivity contribution in [1.29, 1.82) is 0 Å². The van der Waals surface area contributed by atoms with Gasteiger partial charge < -0.3 is 9.73 Å². The van der Waals surface area contributed by atoms with Gasteiger partial charge in [-0.05, 0) is 20.8 Å². The molecule has 0 aliphatic heterocycles. The van der Waals surface area contributed by atoms with Gasteiger partial charge in [0.15, 0.2) is 0 Å². The van der Waals surface area contributed by atoms with E-state index in [1.54, 1.807) is 0 Å². The van der Waals surface area contributed by atoms with Crippen molar-refractivity contribution in [3.8, 4) is 0 Å². The zero-order chi connectivity index (χ0) is 14.0. The molecule has 6 heteroatoms. The van der Waals surface area contributed by atoms with Crippen molar-refractivity contribution < 1.29 is 9.21 Å². The quantitative estimate of drug-likeness (QED) is 0.855. The topological polar surface area (TPSA) is 68.0 Å². The van der Waals surface area contributed by atoms with Gasteiger partial charge in [0.1, 0.15) is 0 Å². The van der Waals surface area contributed by atoms with Gasteiger partial charge in [0.25, 0.3) is 5.22 Å². The Kier molecular flexibility index (Phi) is 4.42. The molecule has 5 nitrogen and oxygen atoms in total. The van der Waals surface area contributed by atoms with Crippen molar-refractivity contribution >= 4 is 17.7 Å². The summed E-state index contributed by atoms with van der Waals surface area (Å²) in [6.45, 7) is 11.8. The number of hydrogen-bond acceptors (Lipinski definition) is 5. The zero-order valence-electron chi connectivity index (χ0n) is 11.8. The summed E-state index contributed by atoms with van der Waals surface area (Å²) in [5.41, 5.74) is -0.386. The Bertz CT molecular complexity index is 416. The summed E-state index contributed by atoms with van der Waals surface area (Å²) in [5, 5.41) is 11.2. The van der Waals surface area contributed by atoms with E-state index in [1.165, 1.54) is 11.8 Å². The molecule has 0 spiro atoms. The van der Waals surface area contributed by atoms with E-state index in [2.05, 4.69) is 15.5 Å². The molecule has 1 amide bonds. The molecule has 1 heterocycles. The van der Waals surface area contributed by atoms with E-state index in [1.807, 2.05) is 41.5 Å². The maximum Gasteiger partial charge on any atom is 0.277 e. The molecule has 102 valence electrons. The monoisotopic (exact) mass is 271 g/mol. The minimum Gasteiger partial charge on any atom is -0.415 e. The highest BCUT2D eigenvalue weighted by Crippen LogP contribution is 2.24. The van der Waals surface area contributed by atoms with Crippen LogP contribution in [0.1, 0.15) is 47.4 Å². The van der Waals surface area contributed by atoms with Crippen molar-refractivity contribution in [3.05, 3.63) is 5.89 Å². The lowest BCUT2D eigenvalue weighted by molar-refractivity contribution is -0.119. The van der Waals surface area contributed by atoms with Crippen LogP contribution in [-0.4, -0.2) is 27.4 Å². The van der Waals surface area contributed by atoms with Gasteiger partial charge in [0, 0.05) is 11.0 Å². The minimum atomic E-state index is -0.219. The van der Waals surface area contributed by atoms with E-state index >= 15 is 0 Å². The third kappa shape index (κ3) is 5.08. The number of rotatable bonds is 3. The van der Waals surface area contributed by atoms with Crippen LogP contribution in [0.3, 0.4) is 0 Å². The molecule has 0 fully saturated rings. The lowest BCUT2D eigenvalue weighted by atomic mass is 9.97. The standard InChI is InChI=1S/C12H21N3O2S/c1-11(2,3)9-14-15-10(17-9)18-7-8(16)13-12(4,5)6/h7H2,1-6H3,(H,13,16). The molecule has 0 bridgehead atoms. The Morgan fingerprint density at radius 3 is 2.28 bits per heavy atom. The van der Waals surface area contributed by atoms with Crippen LogP contribution in [-0.2, 0) is 10.2 Å². The number of carbonyl (C=O) groups is 1. The highest BCUT2D eigenvalue weighted by atomic mass is 32.2. The molecule has 0 aliphatic rings. The molecule has 0 aromatic carbocycles. The van der Waals surface area contributed by atoms with Gasteiger partial charge in [-0.25, -0.2) is 0 Å². The Balaban J connectivity index is 2.50. The van der Waals surface area contributed by atoms with Gasteiger partial charge in [-0.2, -0.15) is 0 Å². The van der Waals surface area contributed by atoms with Gasteiger partial charge in [-0.1, -0.05) is 32.5 Å². The number of nitrogens with zero attached hydrogens (tertiary/aromatic N) is 2. The lowest BCUT2D eigenvalue weighted by Gasteiger charge is -2.19. The van der Waals surface area contributed by atoms with Crippen LogP contribution < -0.4 is 5.32 Å². The molecule has 0 saturated carbocycles. The van der Waals surface area contributed by atoms with Gasteiger partial charge >= 0.3 is 0 Å². The summed E-state index contributed by atoms with van der Waals surface area (Å²) >= 11 is 1.25. The van der Waals surface area contributed by atoms with Crippen LogP contribution in [0, 0.1) is 0 Å². The van der Waals surface area contributed by atoms with Crippen molar-refractivity contribution in [1.82, 2.24) is 15.5 Å². The number of amides is 1. The molecule has 1 N–H and O–H groups in total.